The van der Waals surface area contributed by atoms with Crippen LogP contribution in [-0.4, -0.2) is 41.8 Å². The van der Waals surface area contributed by atoms with Gasteiger partial charge in [-0.15, -0.1) is 0 Å². The summed E-state index contributed by atoms with van der Waals surface area (Å²) in [6.45, 7) is 3.68. The fourth-order valence-electron chi connectivity index (χ4n) is 2.34. The molecule has 5 nitrogen and oxygen atoms in total. The first-order chi connectivity index (χ1) is 6.55. The lowest BCUT2D eigenvalue weighted by molar-refractivity contribution is -0.210. The van der Waals surface area contributed by atoms with Gasteiger partial charge in [0.2, 0.25) is 0 Å². The summed E-state index contributed by atoms with van der Waals surface area (Å²) >= 11 is 0. The zero-order valence-electron chi connectivity index (χ0n) is 8.17. The molecule has 3 fully saturated rings. The third-order valence-electron chi connectivity index (χ3n) is 2.84. The molecule has 2 unspecified atom stereocenters. The van der Waals surface area contributed by atoms with Crippen molar-refractivity contribution < 1.29 is 24.1 Å². The molecule has 3 aliphatic rings. The highest BCUT2D eigenvalue weighted by atomic mass is 16.8. The van der Waals surface area contributed by atoms with E-state index in [4.69, 9.17) is 18.9 Å². The van der Waals surface area contributed by atoms with Crippen molar-refractivity contribution in [1.29, 1.82) is 0 Å². The van der Waals surface area contributed by atoms with Gasteiger partial charge in [-0.25, -0.2) is 0 Å². The molecule has 0 radical (unpaired) electrons. The van der Waals surface area contributed by atoms with Gasteiger partial charge >= 0.3 is 0 Å². The molecule has 5 atom stereocenters. The van der Waals surface area contributed by atoms with E-state index in [2.05, 4.69) is 0 Å². The lowest BCUT2D eigenvalue weighted by atomic mass is 10.1. The van der Waals surface area contributed by atoms with E-state index < -0.39 is 12.1 Å². The van der Waals surface area contributed by atoms with Gasteiger partial charge in [-0.2, -0.15) is 0 Å². The van der Waals surface area contributed by atoms with Gasteiger partial charge in [0.25, 0.3) is 0 Å². The topological polar surface area (TPSA) is 57.2 Å². The Hall–Kier alpha value is -0.200. The van der Waals surface area contributed by atoms with E-state index in [0.29, 0.717) is 6.42 Å². The fraction of sp³-hybridized carbons (Fsp3) is 1.00. The van der Waals surface area contributed by atoms with Crippen LogP contribution >= 0.6 is 0 Å². The van der Waals surface area contributed by atoms with Gasteiger partial charge < -0.3 is 24.1 Å². The van der Waals surface area contributed by atoms with Crippen LogP contribution in [0.4, 0.5) is 0 Å². The average molecular weight is 202 g/mol. The zero-order chi connectivity index (χ0) is 9.92. The number of ether oxygens (including phenoxy) is 4. The summed E-state index contributed by atoms with van der Waals surface area (Å²) in [5, 5.41) is 9.29. The maximum Gasteiger partial charge on any atom is 0.190 e. The van der Waals surface area contributed by atoms with Gasteiger partial charge in [0, 0.05) is 6.42 Å². The van der Waals surface area contributed by atoms with Gasteiger partial charge in [-0.1, -0.05) is 0 Å². The minimum atomic E-state index is -0.724. The molecule has 5 heteroatoms. The first-order valence-electron chi connectivity index (χ1n) is 4.90. The van der Waals surface area contributed by atoms with Crippen molar-refractivity contribution in [2.24, 2.45) is 0 Å². The lowest BCUT2D eigenvalue weighted by Gasteiger charge is -2.20. The lowest BCUT2D eigenvalue weighted by Crippen LogP contribution is -2.32. The highest BCUT2D eigenvalue weighted by Gasteiger charge is 2.58. The van der Waals surface area contributed by atoms with E-state index in [1.165, 1.54) is 0 Å². The van der Waals surface area contributed by atoms with Gasteiger partial charge in [-0.05, 0) is 13.8 Å². The number of aliphatic hydroxyl groups is 1. The van der Waals surface area contributed by atoms with E-state index >= 15 is 0 Å². The van der Waals surface area contributed by atoms with Crippen LogP contribution < -0.4 is 0 Å². The van der Waals surface area contributed by atoms with Crippen LogP contribution in [0.5, 0.6) is 0 Å². The van der Waals surface area contributed by atoms with Crippen LogP contribution in [0, 0.1) is 0 Å². The Balaban J connectivity index is 1.78. The first kappa shape index (κ1) is 9.06. The Morgan fingerprint density at radius 2 is 1.93 bits per heavy atom. The van der Waals surface area contributed by atoms with E-state index in [0.717, 1.165) is 0 Å². The molecule has 0 spiro atoms. The average Bonchev–Trinajstić information content (AvgIpc) is 2.58. The largest absolute Gasteiger partial charge is 0.368 e. The Bertz CT molecular complexity index is 254. The minimum absolute atomic E-state index is 0.0869. The van der Waals surface area contributed by atoms with E-state index in [1.54, 1.807) is 0 Å². The molecule has 0 aromatic heterocycles. The third-order valence-corrected chi connectivity index (χ3v) is 2.84. The molecule has 3 rings (SSSR count). The van der Waals surface area contributed by atoms with Gasteiger partial charge in [0.15, 0.2) is 18.4 Å². The molecule has 80 valence electrons. The Morgan fingerprint density at radius 3 is 2.71 bits per heavy atom. The van der Waals surface area contributed by atoms with E-state index in [9.17, 15) is 5.11 Å². The molecular formula is C9H14O5. The third kappa shape index (κ3) is 1.20. The number of hydrogen-bond acceptors (Lipinski definition) is 5. The number of rotatable bonds is 0. The van der Waals surface area contributed by atoms with Crippen LogP contribution in [0.2, 0.25) is 0 Å². The Labute approximate surface area is 81.9 Å². The number of fused-ring (bicyclic) bond motifs is 3. The van der Waals surface area contributed by atoms with Gasteiger partial charge in [0.1, 0.15) is 12.2 Å². The quantitative estimate of drug-likeness (QED) is 0.597. The Kier molecular flexibility index (Phi) is 1.73. The van der Waals surface area contributed by atoms with Crippen molar-refractivity contribution in [2.45, 2.75) is 56.9 Å². The normalized spacial score (nSPS) is 54.6. The molecule has 3 heterocycles. The second kappa shape index (κ2) is 2.68. The zero-order valence-corrected chi connectivity index (χ0v) is 8.17. The van der Waals surface area contributed by atoms with Crippen molar-refractivity contribution in [2.75, 3.05) is 0 Å². The summed E-state index contributed by atoms with van der Waals surface area (Å²) in [7, 11) is 0. The molecule has 3 saturated heterocycles. The van der Waals surface area contributed by atoms with Crippen molar-refractivity contribution in [3.63, 3.8) is 0 Å². The molecule has 0 aliphatic carbocycles. The van der Waals surface area contributed by atoms with Gasteiger partial charge in [-0.3, -0.25) is 0 Å². The highest BCUT2D eigenvalue weighted by molar-refractivity contribution is 4.97. The predicted octanol–water partition coefficient (Wildman–Crippen LogP) is -0.0299. The maximum absolute atomic E-state index is 9.29. The molecule has 3 aliphatic heterocycles. The summed E-state index contributed by atoms with van der Waals surface area (Å²) in [6.07, 6.45) is -1.03. The summed E-state index contributed by atoms with van der Waals surface area (Å²) < 4.78 is 22.1. The molecule has 0 bridgehead atoms. The Morgan fingerprint density at radius 1 is 1.14 bits per heavy atom. The van der Waals surface area contributed by atoms with Crippen molar-refractivity contribution in [3.05, 3.63) is 0 Å². The standard InChI is InChI=1S/C9H14O5/c1-9(2)13-7-6-4(3-5(10)12-6)11-8(7)14-9/h4-8,10H,3H2,1-2H3/t4-,5?,6+,7?,8-/m1/s1. The molecule has 0 amide bonds. The van der Waals surface area contributed by atoms with Crippen LogP contribution in [0.25, 0.3) is 0 Å². The first-order valence-corrected chi connectivity index (χ1v) is 4.90. The summed E-state index contributed by atoms with van der Waals surface area (Å²) in [5.41, 5.74) is 0. The molecular weight excluding hydrogens is 188 g/mol. The van der Waals surface area contributed by atoms with Gasteiger partial charge in [0.05, 0.1) is 6.10 Å². The fourth-order valence-corrected chi connectivity index (χ4v) is 2.34. The van der Waals surface area contributed by atoms with Crippen LogP contribution in [0.15, 0.2) is 0 Å². The predicted molar refractivity (Wildman–Crippen MR) is 44.2 cm³/mol. The van der Waals surface area contributed by atoms with Crippen LogP contribution in [0.3, 0.4) is 0 Å². The SMILES string of the molecule is CC1(C)OC2[C@H](O[C@@H]3CC(O)O[C@H]23)O1. The molecule has 1 N–H and O–H groups in total. The molecule has 0 aromatic rings. The summed E-state index contributed by atoms with van der Waals surface area (Å²) in [6, 6.07) is 0. The van der Waals surface area contributed by atoms with Crippen molar-refractivity contribution in [1.82, 2.24) is 0 Å². The molecule has 0 saturated carbocycles. The number of aliphatic hydroxyl groups excluding tert-OH is 1. The second-order valence-corrected chi connectivity index (χ2v) is 4.43. The summed E-state index contributed by atoms with van der Waals surface area (Å²) in [4.78, 5) is 0. The van der Waals surface area contributed by atoms with Crippen LogP contribution in [0.1, 0.15) is 20.3 Å². The van der Waals surface area contributed by atoms with Crippen molar-refractivity contribution >= 4 is 0 Å². The van der Waals surface area contributed by atoms with Crippen LogP contribution in [-0.2, 0) is 18.9 Å². The smallest absolute Gasteiger partial charge is 0.190 e. The minimum Gasteiger partial charge on any atom is -0.368 e. The molecule has 14 heavy (non-hydrogen) atoms. The highest BCUT2D eigenvalue weighted by Crippen LogP contribution is 2.42. The van der Waals surface area contributed by atoms with E-state index in [-0.39, 0.29) is 24.6 Å². The molecule has 0 aromatic carbocycles. The maximum atomic E-state index is 9.29. The number of hydrogen-bond donors (Lipinski definition) is 1. The van der Waals surface area contributed by atoms with Crippen molar-refractivity contribution in [3.8, 4) is 0 Å². The summed E-state index contributed by atoms with van der Waals surface area (Å²) in [5.74, 6) is -0.614. The van der Waals surface area contributed by atoms with E-state index in [1.807, 2.05) is 13.8 Å². The monoisotopic (exact) mass is 202 g/mol. The second-order valence-electron chi connectivity index (χ2n) is 4.43.